The molecule has 0 aromatic heterocycles. The second kappa shape index (κ2) is 7.25. The fourth-order valence-corrected chi connectivity index (χ4v) is 3.09. The quantitative estimate of drug-likeness (QED) is 0.847. The van der Waals surface area contributed by atoms with Crippen molar-refractivity contribution in [3.05, 3.63) is 63.6 Å². The van der Waals surface area contributed by atoms with Crippen LogP contribution >= 0.6 is 23.2 Å². The van der Waals surface area contributed by atoms with Crippen LogP contribution in [0.3, 0.4) is 0 Å². The summed E-state index contributed by atoms with van der Waals surface area (Å²) in [5, 5.41) is 7.68. The van der Waals surface area contributed by atoms with E-state index in [1.807, 2.05) is 19.1 Å². The Bertz CT molecular complexity index is 863. The zero-order valence-corrected chi connectivity index (χ0v) is 14.9. The number of hydrazone groups is 1. The molecule has 0 spiro atoms. The molecule has 2 aromatic carbocycles. The van der Waals surface area contributed by atoms with Gasteiger partial charge < -0.3 is 5.32 Å². The predicted molar refractivity (Wildman–Crippen MR) is 99.3 cm³/mol. The predicted octanol–water partition coefficient (Wildman–Crippen LogP) is 4.11. The van der Waals surface area contributed by atoms with Crippen LogP contribution in [0.4, 0.5) is 5.69 Å². The molecule has 0 radical (unpaired) electrons. The molecule has 5 nitrogen and oxygen atoms in total. The number of rotatable bonds is 3. The number of hydrogen-bond acceptors (Lipinski definition) is 3. The third-order valence-corrected chi connectivity index (χ3v) is 4.42. The third kappa shape index (κ3) is 4.00. The summed E-state index contributed by atoms with van der Waals surface area (Å²) in [7, 11) is 0. The first kappa shape index (κ1) is 17.5. The number of halogens is 2. The number of hydrogen-bond donors (Lipinski definition) is 2. The van der Waals surface area contributed by atoms with Crippen LogP contribution in [0.15, 0.2) is 47.6 Å². The molecule has 0 saturated carbocycles. The van der Waals surface area contributed by atoms with Gasteiger partial charge in [0.2, 0.25) is 5.91 Å². The number of amides is 2. The Hall–Kier alpha value is -2.37. The topological polar surface area (TPSA) is 70.6 Å². The van der Waals surface area contributed by atoms with E-state index in [0.717, 1.165) is 11.3 Å². The van der Waals surface area contributed by atoms with Crippen molar-refractivity contribution < 1.29 is 9.59 Å². The number of carbonyl (C=O) groups excluding carboxylic acids is 2. The van der Waals surface area contributed by atoms with Crippen LogP contribution in [0.25, 0.3) is 0 Å². The lowest BCUT2D eigenvalue weighted by atomic mass is 9.94. The average molecular weight is 376 g/mol. The van der Waals surface area contributed by atoms with Crippen molar-refractivity contribution in [2.75, 3.05) is 5.32 Å². The largest absolute Gasteiger partial charge is 0.322 e. The van der Waals surface area contributed by atoms with Gasteiger partial charge in [0.25, 0.3) is 5.91 Å². The van der Waals surface area contributed by atoms with E-state index in [1.54, 1.807) is 24.3 Å². The highest BCUT2D eigenvalue weighted by Crippen LogP contribution is 2.23. The van der Waals surface area contributed by atoms with Gasteiger partial charge in [0.1, 0.15) is 0 Å². The Balaban J connectivity index is 1.74. The Morgan fingerprint density at radius 2 is 1.92 bits per heavy atom. The lowest BCUT2D eigenvalue weighted by Crippen LogP contribution is -2.31. The monoisotopic (exact) mass is 375 g/mol. The van der Waals surface area contributed by atoms with Crippen molar-refractivity contribution >= 4 is 46.4 Å². The zero-order chi connectivity index (χ0) is 18.0. The molecule has 0 saturated heterocycles. The molecule has 1 atom stereocenters. The molecule has 7 heteroatoms. The van der Waals surface area contributed by atoms with Gasteiger partial charge in [-0.1, -0.05) is 42.3 Å². The van der Waals surface area contributed by atoms with Crippen LogP contribution in [0, 0.1) is 5.92 Å². The van der Waals surface area contributed by atoms with E-state index in [2.05, 4.69) is 15.8 Å². The van der Waals surface area contributed by atoms with Gasteiger partial charge in [-0.2, -0.15) is 5.10 Å². The van der Waals surface area contributed by atoms with Gasteiger partial charge in [0.05, 0.1) is 16.3 Å². The zero-order valence-electron chi connectivity index (χ0n) is 13.3. The number of anilines is 1. The molecule has 25 heavy (non-hydrogen) atoms. The van der Waals surface area contributed by atoms with Crippen LogP contribution in [0.5, 0.6) is 0 Å². The van der Waals surface area contributed by atoms with Crippen LogP contribution in [0.1, 0.15) is 29.3 Å². The van der Waals surface area contributed by atoms with E-state index in [9.17, 15) is 9.59 Å². The van der Waals surface area contributed by atoms with E-state index in [4.69, 9.17) is 23.2 Å². The molecule has 0 fully saturated rings. The molecule has 1 aliphatic heterocycles. The molecule has 1 heterocycles. The van der Waals surface area contributed by atoms with Crippen LogP contribution in [0.2, 0.25) is 10.0 Å². The third-order valence-electron chi connectivity index (χ3n) is 3.87. The molecular weight excluding hydrogens is 361 g/mol. The smallest absolute Gasteiger partial charge is 0.257 e. The van der Waals surface area contributed by atoms with Gasteiger partial charge in [-0.3, -0.25) is 9.59 Å². The Labute approximate surface area is 155 Å². The molecule has 2 amide bonds. The van der Waals surface area contributed by atoms with Crippen molar-refractivity contribution in [2.45, 2.75) is 13.3 Å². The molecule has 1 aliphatic rings. The minimum Gasteiger partial charge on any atom is -0.322 e. The molecule has 0 aliphatic carbocycles. The Kier molecular flexibility index (Phi) is 5.06. The highest BCUT2D eigenvalue weighted by atomic mass is 35.5. The summed E-state index contributed by atoms with van der Waals surface area (Å²) in [5.41, 5.74) is 5.19. The van der Waals surface area contributed by atoms with Gasteiger partial charge in [0.15, 0.2) is 0 Å². The average Bonchev–Trinajstić information content (AvgIpc) is 2.55. The van der Waals surface area contributed by atoms with E-state index in [0.29, 0.717) is 27.7 Å². The maximum atomic E-state index is 12.3. The lowest BCUT2D eigenvalue weighted by molar-refractivity contribution is -0.121. The first-order valence-electron chi connectivity index (χ1n) is 7.67. The standard InChI is InChI=1S/C18H15Cl2N3O2/c1-10-8-16(24)22-23-17(10)11-2-5-13(6-3-11)21-18(25)14-7-4-12(19)9-15(14)20/h2-7,9-10H,8H2,1H3,(H,21,25)(H,22,24). The normalized spacial score (nSPS) is 16.8. The SMILES string of the molecule is CC1CC(=O)NN=C1c1ccc(NC(=O)c2ccc(Cl)cc2Cl)cc1. The summed E-state index contributed by atoms with van der Waals surface area (Å²) in [4.78, 5) is 23.6. The second-order valence-corrected chi connectivity index (χ2v) is 6.64. The number of nitrogens with zero attached hydrogens (tertiary/aromatic N) is 1. The minimum atomic E-state index is -0.315. The van der Waals surface area contributed by atoms with Crippen LogP contribution in [-0.2, 0) is 4.79 Å². The van der Waals surface area contributed by atoms with Gasteiger partial charge in [-0.25, -0.2) is 5.43 Å². The van der Waals surface area contributed by atoms with Gasteiger partial charge in [-0.05, 0) is 35.9 Å². The summed E-state index contributed by atoms with van der Waals surface area (Å²) in [6.45, 7) is 1.95. The van der Waals surface area contributed by atoms with Gasteiger partial charge in [-0.15, -0.1) is 0 Å². The summed E-state index contributed by atoms with van der Waals surface area (Å²) in [6, 6.07) is 12.0. The fraction of sp³-hybridized carbons (Fsp3) is 0.167. The lowest BCUT2D eigenvalue weighted by Gasteiger charge is -2.19. The summed E-state index contributed by atoms with van der Waals surface area (Å²) in [5.74, 6) is -0.355. The van der Waals surface area contributed by atoms with E-state index in [-0.39, 0.29) is 17.7 Å². The maximum absolute atomic E-state index is 12.3. The molecular formula is C18H15Cl2N3O2. The van der Waals surface area contributed by atoms with E-state index in [1.165, 1.54) is 6.07 Å². The molecule has 128 valence electrons. The molecule has 2 N–H and O–H groups in total. The maximum Gasteiger partial charge on any atom is 0.257 e. The molecule has 2 aromatic rings. The van der Waals surface area contributed by atoms with Crippen LogP contribution < -0.4 is 10.7 Å². The van der Waals surface area contributed by atoms with Crippen molar-refractivity contribution in [1.29, 1.82) is 0 Å². The molecule has 0 bridgehead atoms. The first-order valence-corrected chi connectivity index (χ1v) is 8.43. The minimum absolute atomic E-state index is 0.0436. The van der Waals surface area contributed by atoms with Crippen molar-refractivity contribution in [3.63, 3.8) is 0 Å². The van der Waals surface area contributed by atoms with E-state index >= 15 is 0 Å². The number of nitrogens with one attached hydrogen (secondary N) is 2. The highest BCUT2D eigenvalue weighted by Gasteiger charge is 2.21. The Morgan fingerprint density at radius 1 is 1.20 bits per heavy atom. The number of benzene rings is 2. The second-order valence-electron chi connectivity index (χ2n) is 5.79. The van der Waals surface area contributed by atoms with Crippen molar-refractivity contribution in [3.8, 4) is 0 Å². The molecule has 1 unspecified atom stereocenters. The van der Waals surface area contributed by atoms with Crippen LogP contribution in [-0.4, -0.2) is 17.5 Å². The van der Waals surface area contributed by atoms with Crippen molar-refractivity contribution in [2.24, 2.45) is 11.0 Å². The van der Waals surface area contributed by atoms with Gasteiger partial charge in [0, 0.05) is 23.0 Å². The summed E-state index contributed by atoms with van der Waals surface area (Å²) < 4.78 is 0. The Morgan fingerprint density at radius 3 is 2.56 bits per heavy atom. The molecule has 3 rings (SSSR count). The van der Waals surface area contributed by atoms with E-state index < -0.39 is 0 Å². The fourth-order valence-electron chi connectivity index (χ4n) is 2.60. The highest BCUT2D eigenvalue weighted by molar-refractivity contribution is 6.37. The summed E-state index contributed by atoms with van der Waals surface area (Å²) in [6.07, 6.45) is 0.409. The van der Waals surface area contributed by atoms with Gasteiger partial charge >= 0.3 is 0 Å². The summed E-state index contributed by atoms with van der Waals surface area (Å²) >= 11 is 11.9. The van der Waals surface area contributed by atoms with Crippen molar-refractivity contribution in [1.82, 2.24) is 5.43 Å². The first-order chi connectivity index (χ1) is 11.9. The number of carbonyl (C=O) groups is 2.